The summed E-state index contributed by atoms with van der Waals surface area (Å²) >= 11 is 0. The Morgan fingerprint density at radius 1 is 1.52 bits per heavy atom. The molecule has 2 heterocycles. The maximum absolute atomic E-state index is 12.5. The third-order valence-electron chi connectivity index (χ3n) is 3.87. The van der Waals surface area contributed by atoms with Crippen molar-refractivity contribution in [3.63, 3.8) is 0 Å². The molecule has 2 N–H and O–H groups in total. The number of halogens is 1. The number of nitrogens with one attached hydrogen (secondary N) is 2. The Hall–Kier alpha value is -1.60. The lowest BCUT2D eigenvalue weighted by atomic mass is 10.1. The first kappa shape index (κ1) is 19.4. The molecule has 0 spiro atoms. The second kappa shape index (κ2) is 9.52. The summed E-state index contributed by atoms with van der Waals surface area (Å²) in [6.07, 6.45) is 4.84. The van der Waals surface area contributed by atoms with E-state index in [0.29, 0.717) is 18.3 Å². The minimum absolute atomic E-state index is 0. The number of hydrogen-bond donors (Lipinski definition) is 2. The fourth-order valence-corrected chi connectivity index (χ4v) is 2.65. The van der Waals surface area contributed by atoms with Gasteiger partial charge in [0.05, 0.1) is 12.6 Å². The van der Waals surface area contributed by atoms with Crippen LogP contribution in [-0.2, 0) is 4.79 Å². The predicted octanol–water partition coefficient (Wildman–Crippen LogP) is 0.828. The van der Waals surface area contributed by atoms with Crippen LogP contribution in [0, 0.1) is 0 Å². The molecule has 1 saturated heterocycles. The topological polar surface area (TPSA) is 79.3 Å². The zero-order valence-corrected chi connectivity index (χ0v) is 14.6. The van der Waals surface area contributed by atoms with Crippen LogP contribution in [0.1, 0.15) is 42.7 Å². The van der Waals surface area contributed by atoms with E-state index in [1.54, 1.807) is 18.0 Å². The molecule has 23 heavy (non-hydrogen) atoms. The highest BCUT2D eigenvalue weighted by molar-refractivity contribution is 5.94. The van der Waals surface area contributed by atoms with Gasteiger partial charge in [0.1, 0.15) is 5.69 Å². The monoisotopic (exact) mass is 343 g/mol. The van der Waals surface area contributed by atoms with E-state index in [1.807, 2.05) is 17.8 Å². The molecule has 1 aliphatic heterocycles. The van der Waals surface area contributed by atoms with E-state index in [9.17, 15) is 9.59 Å². The van der Waals surface area contributed by atoms with Crippen LogP contribution in [-0.4, -0.2) is 59.7 Å². The zero-order chi connectivity index (χ0) is 15.9. The molecule has 1 fully saturated rings. The molecule has 0 aromatic carbocycles. The van der Waals surface area contributed by atoms with Gasteiger partial charge in [0.25, 0.3) is 5.91 Å². The summed E-state index contributed by atoms with van der Waals surface area (Å²) in [5, 5.41) is 10.3. The molecule has 8 heteroatoms. The van der Waals surface area contributed by atoms with E-state index >= 15 is 0 Å². The Bertz CT molecular complexity index is 514. The van der Waals surface area contributed by atoms with Crippen molar-refractivity contribution < 1.29 is 9.59 Å². The highest BCUT2D eigenvalue weighted by Gasteiger charge is 2.22. The molecule has 0 radical (unpaired) electrons. The fourth-order valence-electron chi connectivity index (χ4n) is 2.65. The van der Waals surface area contributed by atoms with Crippen molar-refractivity contribution in [2.75, 3.05) is 33.2 Å². The SMILES string of the molecule is CCCN(CC(=O)NC)C(=O)c1ccn(C2CCCNC2)n1.Cl. The normalized spacial score (nSPS) is 17.2. The van der Waals surface area contributed by atoms with Crippen molar-refractivity contribution in [3.05, 3.63) is 18.0 Å². The van der Waals surface area contributed by atoms with Crippen molar-refractivity contribution in [3.8, 4) is 0 Å². The smallest absolute Gasteiger partial charge is 0.274 e. The van der Waals surface area contributed by atoms with Crippen molar-refractivity contribution in [1.29, 1.82) is 0 Å². The highest BCUT2D eigenvalue weighted by Crippen LogP contribution is 2.16. The number of aromatic nitrogens is 2. The first-order valence-corrected chi connectivity index (χ1v) is 7.91. The first-order chi connectivity index (χ1) is 10.7. The van der Waals surface area contributed by atoms with Crippen LogP contribution in [0.4, 0.5) is 0 Å². The molecular weight excluding hydrogens is 318 g/mol. The van der Waals surface area contributed by atoms with Gasteiger partial charge < -0.3 is 15.5 Å². The van der Waals surface area contributed by atoms with E-state index in [0.717, 1.165) is 32.4 Å². The number of carbonyl (C=O) groups excluding carboxylic acids is 2. The largest absolute Gasteiger partial charge is 0.358 e. The second-order valence-electron chi connectivity index (χ2n) is 5.58. The Morgan fingerprint density at radius 3 is 2.91 bits per heavy atom. The molecular formula is C15H26ClN5O2. The number of rotatable bonds is 6. The minimum Gasteiger partial charge on any atom is -0.358 e. The van der Waals surface area contributed by atoms with Gasteiger partial charge in [-0.2, -0.15) is 5.10 Å². The van der Waals surface area contributed by atoms with Crippen LogP contribution >= 0.6 is 12.4 Å². The predicted molar refractivity (Wildman–Crippen MR) is 90.9 cm³/mol. The van der Waals surface area contributed by atoms with Gasteiger partial charge in [-0.1, -0.05) is 6.92 Å². The number of nitrogens with zero attached hydrogens (tertiary/aromatic N) is 3. The Kier molecular flexibility index (Phi) is 8.05. The number of amides is 2. The zero-order valence-electron chi connectivity index (χ0n) is 13.7. The number of hydrogen-bond acceptors (Lipinski definition) is 4. The van der Waals surface area contributed by atoms with E-state index in [-0.39, 0.29) is 30.8 Å². The molecule has 0 saturated carbocycles. The van der Waals surface area contributed by atoms with Gasteiger partial charge in [-0.15, -0.1) is 12.4 Å². The van der Waals surface area contributed by atoms with Crippen molar-refractivity contribution >= 4 is 24.2 Å². The van der Waals surface area contributed by atoms with E-state index in [4.69, 9.17) is 0 Å². The first-order valence-electron chi connectivity index (χ1n) is 7.91. The lowest BCUT2D eigenvalue weighted by molar-refractivity contribution is -0.121. The number of piperidine rings is 1. The molecule has 1 aromatic heterocycles. The molecule has 130 valence electrons. The number of carbonyl (C=O) groups is 2. The maximum atomic E-state index is 12.5. The molecule has 7 nitrogen and oxygen atoms in total. The van der Waals surface area contributed by atoms with Crippen molar-refractivity contribution in [1.82, 2.24) is 25.3 Å². The summed E-state index contributed by atoms with van der Waals surface area (Å²) in [6.45, 7) is 4.52. The molecule has 1 unspecified atom stereocenters. The molecule has 0 aliphatic carbocycles. The summed E-state index contributed by atoms with van der Waals surface area (Å²) in [4.78, 5) is 25.6. The van der Waals surface area contributed by atoms with Gasteiger partial charge in [-0.05, 0) is 31.9 Å². The Balaban J connectivity index is 0.00000264. The van der Waals surface area contributed by atoms with E-state index < -0.39 is 0 Å². The van der Waals surface area contributed by atoms with Crippen LogP contribution in [0.5, 0.6) is 0 Å². The summed E-state index contributed by atoms with van der Waals surface area (Å²) in [5.41, 5.74) is 0.405. The molecule has 1 aliphatic rings. The summed E-state index contributed by atoms with van der Waals surface area (Å²) in [6, 6.07) is 2.04. The van der Waals surface area contributed by atoms with Gasteiger partial charge >= 0.3 is 0 Å². The average Bonchev–Trinajstić information content (AvgIpc) is 3.04. The lowest BCUT2D eigenvalue weighted by Crippen LogP contribution is -2.40. The van der Waals surface area contributed by atoms with Crippen LogP contribution in [0.25, 0.3) is 0 Å². The molecule has 0 bridgehead atoms. The van der Waals surface area contributed by atoms with Crippen molar-refractivity contribution in [2.24, 2.45) is 0 Å². The van der Waals surface area contributed by atoms with Crippen LogP contribution < -0.4 is 10.6 Å². The molecule has 1 aromatic rings. The van der Waals surface area contributed by atoms with Gasteiger partial charge in [-0.3, -0.25) is 14.3 Å². The van der Waals surface area contributed by atoms with Gasteiger partial charge in [-0.25, -0.2) is 0 Å². The van der Waals surface area contributed by atoms with Crippen LogP contribution in [0.15, 0.2) is 12.3 Å². The maximum Gasteiger partial charge on any atom is 0.274 e. The Morgan fingerprint density at radius 2 is 2.30 bits per heavy atom. The number of likely N-dealkylation sites (N-methyl/N-ethyl adjacent to an activating group) is 1. The van der Waals surface area contributed by atoms with Crippen LogP contribution in [0.2, 0.25) is 0 Å². The third-order valence-corrected chi connectivity index (χ3v) is 3.87. The summed E-state index contributed by atoms with van der Waals surface area (Å²) < 4.78 is 1.86. The van der Waals surface area contributed by atoms with Crippen LogP contribution in [0.3, 0.4) is 0 Å². The standard InChI is InChI=1S/C15H25N5O2.ClH/c1-3-8-19(11-14(21)16-2)15(22)13-6-9-20(18-13)12-5-4-7-17-10-12;/h6,9,12,17H,3-5,7-8,10-11H2,1-2H3,(H,16,21);1H. The second-order valence-corrected chi connectivity index (χ2v) is 5.58. The lowest BCUT2D eigenvalue weighted by Gasteiger charge is -2.23. The molecule has 2 rings (SSSR count). The highest BCUT2D eigenvalue weighted by atomic mass is 35.5. The van der Waals surface area contributed by atoms with Gasteiger partial charge in [0.2, 0.25) is 5.91 Å². The Labute approximate surface area is 143 Å². The quantitative estimate of drug-likeness (QED) is 0.801. The van der Waals surface area contributed by atoms with Crippen molar-refractivity contribution in [2.45, 2.75) is 32.2 Å². The average molecular weight is 344 g/mol. The van der Waals surface area contributed by atoms with Gasteiger partial charge in [0, 0.05) is 26.3 Å². The third kappa shape index (κ3) is 5.21. The van der Waals surface area contributed by atoms with E-state index in [1.165, 1.54) is 0 Å². The van der Waals surface area contributed by atoms with Gasteiger partial charge in [0.15, 0.2) is 0 Å². The summed E-state index contributed by atoms with van der Waals surface area (Å²) in [7, 11) is 1.57. The molecule has 1 atom stereocenters. The fraction of sp³-hybridized carbons (Fsp3) is 0.667. The summed E-state index contributed by atoms with van der Waals surface area (Å²) in [5.74, 6) is -0.356. The molecule has 2 amide bonds. The minimum atomic E-state index is -0.187. The van der Waals surface area contributed by atoms with E-state index in [2.05, 4.69) is 15.7 Å².